The Labute approximate surface area is 237 Å². The second-order valence-corrected chi connectivity index (χ2v) is 14.8. The van der Waals surface area contributed by atoms with Gasteiger partial charge in [0, 0.05) is 6.92 Å². The van der Waals surface area contributed by atoms with Crippen molar-refractivity contribution in [2.45, 2.75) is 136 Å². The number of fused-ring (bicyclic) bond motifs is 5. The Morgan fingerprint density at radius 1 is 1.15 bits per heavy atom. The van der Waals surface area contributed by atoms with Crippen LogP contribution < -0.4 is 0 Å². The highest BCUT2D eigenvalue weighted by molar-refractivity contribution is 5.66. The van der Waals surface area contributed by atoms with Gasteiger partial charge in [0.15, 0.2) is 6.29 Å². The van der Waals surface area contributed by atoms with Gasteiger partial charge in [0.2, 0.25) is 0 Å². The number of hydrogen-bond acceptors (Lipinski definition) is 5. The van der Waals surface area contributed by atoms with Crippen molar-refractivity contribution in [3.8, 4) is 0 Å². The van der Waals surface area contributed by atoms with Crippen LogP contribution in [-0.4, -0.2) is 41.8 Å². The average Bonchev–Trinajstić information content (AvgIpc) is 3.23. The Hall–Kier alpha value is -1.17. The Morgan fingerprint density at radius 3 is 2.64 bits per heavy atom. The van der Waals surface area contributed by atoms with Crippen molar-refractivity contribution in [3.63, 3.8) is 0 Å². The van der Waals surface area contributed by atoms with E-state index in [0.717, 1.165) is 43.4 Å². The average molecular weight is 543 g/mol. The second-order valence-electron chi connectivity index (χ2n) is 14.8. The van der Waals surface area contributed by atoms with E-state index in [1.165, 1.54) is 51.9 Å². The molecule has 39 heavy (non-hydrogen) atoms. The van der Waals surface area contributed by atoms with Crippen molar-refractivity contribution in [3.05, 3.63) is 23.8 Å². The van der Waals surface area contributed by atoms with E-state index in [-0.39, 0.29) is 35.3 Å². The summed E-state index contributed by atoms with van der Waals surface area (Å²) < 4.78 is 17.5. The molecule has 0 bridgehead atoms. The molecule has 3 saturated carbocycles. The molecular weight excluding hydrogens is 488 g/mol. The summed E-state index contributed by atoms with van der Waals surface area (Å²) in [4.78, 5) is 11.2. The van der Waals surface area contributed by atoms with Gasteiger partial charge in [-0.05, 0) is 117 Å². The van der Waals surface area contributed by atoms with E-state index in [1.807, 2.05) is 12.2 Å². The maximum atomic E-state index is 11.7. The molecule has 1 aliphatic heterocycles. The van der Waals surface area contributed by atoms with Crippen LogP contribution in [0.25, 0.3) is 0 Å². The molecule has 0 spiro atoms. The van der Waals surface area contributed by atoms with Crippen molar-refractivity contribution >= 4 is 5.97 Å². The lowest BCUT2D eigenvalue weighted by Crippen LogP contribution is -2.53. The third kappa shape index (κ3) is 5.79. The lowest BCUT2D eigenvalue weighted by Gasteiger charge is -2.59. The molecule has 5 aliphatic rings. The molecule has 5 nitrogen and oxygen atoms in total. The monoisotopic (exact) mass is 542 g/mol. The lowest BCUT2D eigenvalue weighted by molar-refractivity contribution is -0.178. The minimum atomic E-state index is -0.548. The summed E-state index contributed by atoms with van der Waals surface area (Å²) >= 11 is 0. The van der Waals surface area contributed by atoms with Crippen molar-refractivity contribution in [2.75, 3.05) is 6.61 Å². The Kier molecular flexibility index (Phi) is 8.46. The first-order valence-electron chi connectivity index (χ1n) is 16.0. The van der Waals surface area contributed by atoms with Crippen LogP contribution in [0.15, 0.2) is 23.8 Å². The van der Waals surface area contributed by atoms with E-state index in [1.54, 1.807) is 5.57 Å². The van der Waals surface area contributed by atoms with E-state index in [0.29, 0.717) is 18.4 Å². The molecule has 5 heteroatoms. The molecule has 4 aliphatic carbocycles. The van der Waals surface area contributed by atoms with Crippen LogP contribution in [0.3, 0.4) is 0 Å². The Morgan fingerprint density at radius 2 is 1.95 bits per heavy atom. The van der Waals surface area contributed by atoms with Gasteiger partial charge in [-0.25, -0.2) is 0 Å². The van der Waals surface area contributed by atoms with Gasteiger partial charge in [0.05, 0.1) is 18.3 Å². The molecule has 0 aromatic heterocycles. The molecule has 0 saturated heterocycles. The van der Waals surface area contributed by atoms with E-state index in [2.05, 4.69) is 40.7 Å². The topological polar surface area (TPSA) is 65.0 Å². The Bertz CT molecular complexity index is 951. The number of carbonyl (C=O) groups excluding carboxylic acids is 1. The minimum Gasteiger partial charge on any atom is -0.456 e. The van der Waals surface area contributed by atoms with Gasteiger partial charge < -0.3 is 19.3 Å². The van der Waals surface area contributed by atoms with Crippen LogP contribution in [0.5, 0.6) is 0 Å². The number of hydrogen-bond donors (Lipinski definition) is 1. The first-order chi connectivity index (χ1) is 18.4. The minimum absolute atomic E-state index is 0.173. The summed E-state index contributed by atoms with van der Waals surface area (Å²) in [6, 6.07) is 0. The zero-order valence-electron chi connectivity index (χ0n) is 25.4. The molecule has 0 aromatic carbocycles. The van der Waals surface area contributed by atoms with Crippen LogP contribution >= 0.6 is 0 Å². The maximum absolute atomic E-state index is 11.7. The smallest absolute Gasteiger partial charge is 0.303 e. The summed E-state index contributed by atoms with van der Waals surface area (Å²) in [6.45, 7) is 13.6. The van der Waals surface area contributed by atoms with Crippen LogP contribution in [0.4, 0.5) is 0 Å². The van der Waals surface area contributed by atoms with Gasteiger partial charge in [-0.2, -0.15) is 0 Å². The first-order valence-corrected chi connectivity index (χ1v) is 16.0. The summed E-state index contributed by atoms with van der Waals surface area (Å²) in [7, 11) is 0. The molecule has 10 atom stereocenters. The van der Waals surface area contributed by atoms with E-state index < -0.39 is 5.60 Å². The molecule has 0 amide bonds. The van der Waals surface area contributed by atoms with Crippen molar-refractivity contribution in [1.82, 2.24) is 0 Å². The molecule has 0 radical (unpaired) electrons. The van der Waals surface area contributed by atoms with E-state index in [4.69, 9.17) is 14.2 Å². The van der Waals surface area contributed by atoms with Crippen LogP contribution in [0.1, 0.15) is 112 Å². The zero-order chi connectivity index (χ0) is 28.0. The van der Waals surface area contributed by atoms with Crippen molar-refractivity contribution < 1.29 is 24.1 Å². The van der Waals surface area contributed by atoms with Crippen LogP contribution in [0.2, 0.25) is 0 Å². The normalized spacial score (nSPS) is 43.2. The van der Waals surface area contributed by atoms with Crippen molar-refractivity contribution in [2.24, 2.45) is 40.4 Å². The van der Waals surface area contributed by atoms with Gasteiger partial charge in [-0.3, -0.25) is 4.79 Å². The number of allylic oxidation sites excluding steroid dienone is 1. The largest absolute Gasteiger partial charge is 0.456 e. The lowest BCUT2D eigenvalue weighted by atomic mass is 9.46. The molecular formula is C34H54O5. The number of rotatable bonds is 8. The Balaban J connectivity index is 1.22. The third-order valence-electron chi connectivity index (χ3n) is 11.8. The highest BCUT2D eigenvalue weighted by atomic mass is 16.7. The molecule has 1 N–H and O–H groups in total. The molecule has 3 fully saturated rings. The predicted molar refractivity (Wildman–Crippen MR) is 154 cm³/mol. The number of ether oxygens (including phenoxy) is 3. The first kappa shape index (κ1) is 29.3. The highest BCUT2D eigenvalue weighted by Crippen LogP contribution is 2.67. The van der Waals surface area contributed by atoms with Gasteiger partial charge in [0.1, 0.15) is 6.10 Å². The predicted octanol–water partition coefficient (Wildman–Crippen LogP) is 7.37. The van der Waals surface area contributed by atoms with Crippen LogP contribution in [0, 0.1) is 40.4 Å². The third-order valence-corrected chi connectivity index (χ3v) is 11.8. The van der Waals surface area contributed by atoms with Gasteiger partial charge in [-0.1, -0.05) is 52.2 Å². The quantitative estimate of drug-likeness (QED) is 0.256. The number of aliphatic hydroxyl groups is 1. The van der Waals surface area contributed by atoms with Gasteiger partial charge in [-0.15, -0.1) is 0 Å². The zero-order valence-corrected chi connectivity index (χ0v) is 25.4. The van der Waals surface area contributed by atoms with E-state index >= 15 is 0 Å². The fourth-order valence-corrected chi connectivity index (χ4v) is 9.88. The van der Waals surface area contributed by atoms with Gasteiger partial charge >= 0.3 is 5.97 Å². The standard InChI is InChI=1S/C34H54O5/c1-22(2)8-7-17-34(6,36)30-13-12-28-27-11-9-24-20-25(39-31-14-10-26(21-37-31)38-23(3)35)15-18-32(24,4)29(27)16-19-33(28,30)5/h9-10,14,22,25-31,36H,7-8,11-13,15-21H2,1-6H3/t25?,26-,27?,28?,29?,30-,31?,32-,33-,34-/m0/s1. The summed E-state index contributed by atoms with van der Waals surface area (Å²) in [5, 5.41) is 11.7. The molecule has 0 aromatic rings. The van der Waals surface area contributed by atoms with Gasteiger partial charge in [0.25, 0.3) is 0 Å². The summed E-state index contributed by atoms with van der Waals surface area (Å²) in [5.74, 6) is 3.07. The second kappa shape index (κ2) is 11.2. The molecule has 5 unspecified atom stereocenters. The molecule has 1 heterocycles. The van der Waals surface area contributed by atoms with E-state index in [9.17, 15) is 9.90 Å². The highest BCUT2D eigenvalue weighted by Gasteiger charge is 2.61. The summed E-state index contributed by atoms with van der Waals surface area (Å²) in [6.07, 6.45) is 18.6. The maximum Gasteiger partial charge on any atom is 0.303 e. The number of carbonyl (C=O) groups is 1. The SMILES string of the molecule is CC(=O)O[C@H]1C=CC(OC2CC[C@@]3(C)C(=CCC4C3CC[C@@]3(C)C4CC[C@@H]3[C@@](C)(O)CCCC(C)C)C2)OC1. The fourth-order valence-electron chi connectivity index (χ4n) is 9.88. The molecule has 5 rings (SSSR count). The van der Waals surface area contributed by atoms with Crippen molar-refractivity contribution in [1.29, 1.82) is 0 Å². The van der Waals surface area contributed by atoms with Crippen LogP contribution in [-0.2, 0) is 19.0 Å². The summed E-state index contributed by atoms with van der Waals surface area (Å²) in [5.41, 5.74) is 1.59. The molecule has 220 valence electrons. The number of esters is 1. The fraction of sp³-hybridized carbons (Fsp3) is 0.853.